The van der Waals surface area contributed by atoms with Gasteiger partial charge in [-0.1, -0.05) is 6.07 Å². The summed E-state index contributed by atoms with van der Waals surface area (Å²) in [6.45, 7) is 3.79. The number of nitrogens with zero attached hydrogens (tertiary/aromatic N) is 3. The van der Waals surface area contributed by atoms with E-state index in [2.05, 4.69) is 20.3 Å². The number of halogens is 3. The molecule has 1 N–H and O–H groups in total. The normalized spacial score (nSPS) is 13.0. The first-order valence-electron chi connectivity index (χ1n) is 6.43. The molecule has 4 nitrogen and oxygen atoms in total. The fourth-order valence-corrected chi connectivity index (χ4v) is 1.88. The minimum absolute atomic E-state index is 0.0362. The first-order chi connectivity index (χ1) is 9.86. The predicted molar refractivity (Wildman–Crippen MR) is 72.8 cm³/mol. The van der Waals surface area contributed by atoms with Crippen molar-refractivity contribution in [2.24, 2.45) is 0 Å². The summed E-state index contributed by atoms with van der Waals surface area (Å²) >= 11 is 0. The zero-order valence-electron chi connectivity index (χ0n) is 11.6. The molecule has 0 aliphatic carbocycles. The van der Waals surface area contributed by atoms with Gasteiger partial charge in [0.25, 0.3) is 0 Å². The molecule has 0 spiro atoms. The van der Waals surface area contributed by atoms with Crippen molar-refractivity contribution in [3.05, 3.63) is 47.5 Å². The SMILES string of the molecule is Cc1cccnc1C[C@@H](C)Nc1nccc(C(F)(F)F)n1. The van der Waals surface area contributed by atoms with Gasteiger partial charge in [0.05, 0.1) is 0 Å². The Bertz CT molecular complexity index is 613. The average Bonchev–Trinajstić information content (AvgIpc) is 2.41. The molecule has 7 heteroatoms. The van der Waals surface area contributed by atoms with Gasteiger partial charge in [-0.2, -0.15) is 13.2 Å². The molecule has 21 heavy (non-hydrogen) atoms. The fraction of sp³-hybridized carbons (Fsp3) is 0.357. The van der Waals surface area contributed by atoms with Crippen LogP contribution in [0.15, 0.2) is 30.6 Å². The zero-order chi connectivity index (χ0) is 15.5. The lowest BCUT2D eigenvalue weighted by Crippen LogP contribution is -2.22. The Labute approximate surface area is 120 Å². The highest BCUT2D eigenvalue weighted by molar-refractivity contribution is 5.29. The molecule has 0 radical (unpaired) electrons. The standard InChI is InChI=1S/C14H15F3N4/c1-9-4-3-6-18-11(9)8-10(2)20-13-19-7-5-12(21-13)14(15,16)17/h3-7,10H,8H2,1-2H3,(H,19,20,21)/t10-/m1/s1. The number of pyridine rings is 1. The minimum atomic E-state index is -4.47. The highest BCUT2D eigenvalue weighted by atomic mass is 19.4. The van der Waals surface area contributed by atoms with Crippen molar-refractivity contribution in [3.8, 4) is 0 Å². The first kappa shape index (κ1) is 15.2. The molecule has 1 atom stereocenters. The Kier molecular flexibility index (Phi) is 4.40. The third kappa shape index (κ3) is 4.14. The molecule has 112 valence electrons. The number of aromatic nitrogens is 3. The van der Waals surface area contributed by atoms with Crippen LogP contribution in [0.1, 0.15) is 23.9 Å². The highest BCUT2D eigenvalue weighted by Gasteiger charge is 2.32. The lowest BCUT2D eigenvalue weighted by molar-refractivity contribution is -0.141. The molecule has 0 aliphatic heterocycles. The van der Waals surface area contributed by atoms with Crippen molar-refractivity contribution in [1.82, 2.24) is 15.0 Å². The molecule has 0 aliphatic rings. The van der Waals surface area contributed by atoms with Crippen LogP contribution in [0.2, 0.25) is 0 Å². The van der Waals surface area contributed by atoms with E-state index in [9.17, 15) is 13.2 Å². The molecule has 0 unspecified atom stereocenters. The van der Waals surface area contributed by atoms with E-state index in [1.165, 1.54) is 0 Å². The van der Waals surface area contributed by atoms with Crippen LogP contribution in [0.4, 0.5) is 19.1 Å². The number of hydrogen-bond donors (Lipinski definition) is 1. The summed E-state index contributed by atoms with van der Waals surface area (Å²) in [5.41, 5.74) is 0.974. The van der Waals surface area contributed by atoms with E-state index in [0.717, 1.165) is 23.5 Å². The minimum Gasteiger partial charge on any atom is -0.351 e. The molecule has 2 heterocycles. The van der Waals surface area contributed by atoms with Gasteiger partial charge < -0.3 is 5.32 Å². The van der Waals surface area contributed by atoms with Gasteiger partial charge in [-0.05, 0) is 31.5 Å². The molecule has 2 aromatic rings. The topological polar surface area (TPSA) is 50.7 Å². The van der Waals surface area contributed by atoms with E-state index in [-0.39, 0.29) is 12.0 Å². The number of anilines is 1. The van der Waals surface area contributed by atoms with E-state index in [1.54, 1.807) is 6.20 Å². The molecule has 0 aromatic carbocycles. The number of alkyl halides is 3. The molecule has 2 aromatic heterocycles. The monoisotopic (exact) mass is 296 g/mol. The van der Waals surface area contributed by atoms with Crippen LogP contribution in [0.25, 0.3) is 0 Å². The summed E-state index contributed by atoms with van der Waals surface area (Å²) in [5.74, 6) is -0.0362. The quantitative estimate of drug-likeness (QED) is 0.941. The molecule has 0 saturated heterocycles. The molecule has 0 amide bonds. The van der Waals surface area contributed by atoms with Crippen molar-refractivity contribution in [1.29, 1.82) is 0 Å². The summed E-state index contributed by atoms with van der Waals surface area (Å²) in [6.07, 6.45) is -1.11. The Morgan fingerprint density at radius 2 is 1.95 bits per heavy atom. The zero-order valence-corrected chi connectivity index (χ0v) is 11.6. The third-order valence-electron chi connectivity index (χ3n) is 2.94. The van der Waals surface area contributed by atoms with Gasteiger partial charge in [-0.25, -0.2) is 9.97 Å². The predicted octanol–water partition coefficient (Wildman–Crippen LogP) is 3.24. The maximum Gasteiger partial charge on any atom is 0.433 e. The average molecular weight is 296 g/mol. The molecular formula is C14H15F3N4. The van der Waals surface area contributed by atoms with E-state index in [1.807, 2.05) is 26.0 Å². The van der Waals surface area contributed by atoms with E-state index in [4.69, 9.17) is 0 Å². The van der Waals surface area contributed by atoms with E-state index >= 15 is 0 Å². The Hall–Kier alpha value is -2.18. The number of aryl methyl sites for hydroxylation is 1. The number of nitrogens with one attached hydrogen (secondary N) is 1. The number of hydrogen-bond acceptors (Lipinski definition) is 4. The van der Waals surface area contributed by atoms with Gasteiger partial charge in [0.1, 0.15) is 5.69 Å². The second-order valence-corrected chi connectivity index (χ2v) is 4.78. The summed E-state index contributed by atoms with van der Waals surface area (Å²) in [6, 6.07) is 4.49. The lowest BCUT2D eigenvalue weighted by Gasteiger charge is -2.15. The number of rotatable bonds is 4. The van der Waals surface area contributed by atoms with Crippen LogP contribution >= 0.6 is 0 Å². The molecule has 0 fully saturated rings. The van der Waals surface area contributed by atoms with Crippen LogP contribution in [-0.4, -0.2) is 21.0 Å². The summed E-state index contributed by atoms with van der Waals surface area (Å²) in [4.78, 5) is 11.6. The van der Waals surface area contributed by atoms with Crippen molar-refractivity contribution in [2.45, 2.75) is 32.5 Å². The van der Waals surface area contributed by atoms with Crippen LogP contribution in [0, 0.1) is 6.92 Å². The molecule has 0 bridgehead atoms. The Morgan fingerprint density at radius 1 is 1.19 bits per heavy atom. The summed E-state index contributed by atoms with van der Waals surface area (Å²) in [7, 11) is 0. The third-order valence-corrected chi connectivity index (χ3v) is 2.94. The smallest absolute Gasteiger partial charge is 0.351 e. The maximum absolute atomic E-state index is 12.6. The lowest BCUT2D eigenvalue weighted by atomic mass is 10.1. The first-order valence-corrected chi connectivity index (χ1v) is 6.43. The molecule has 0 saturated carbocycles. The van der Waals surface area contributed by atoms with Crippen LogP contribution in [-0.2, 0) is 12.6 Å². The Morgan fingerprint density at radius 3 is 2.62 bits per heavy atom. The Balaban J connectivity index is 2.06. The van der Waals surface area contributed by atoms with Gasteiger partial charge in [0.2, 0.25) is 5.95 Å². The molecule has 2 rings (SSSR count). The van der Waals surface area contributed by atoms with Crippen molar-refractivity contribution >= 4 is 5.95 Å². The van der Waals surface area contributed by atoms with Crippen molar-refractivity contribution in [3.63, 3.8) is 0 Å². The van der Waals surface area contributed by atoms with Gasteiger partial charge in [-0.15, -0.1) is 0 Å². The van der Waals surface area contributed by atoms with Crippen LogP contribution in [0.3, 0.4) is 0 Å². The second-order valence-electron chi connectivity index (χ2n) is 4.78. The van der Waals surface area contributed by atoms with Gasteiger partial charge >= 0.3 is 6.18 Å². The molecular weight excluding hydrogens is 281 g/mol. The summed E-state index contributed by atoms with van der Waals surface area (Å²) < 4.78 is 37.7. The maximum atomic E-state index is 12.6. The highest BCUT2D eigenvalue weighted by Crippen LogP contribution is 2.27. The second kappa shape index (κ2) is 6.07. The van der Waals surface area contributed by atoms with Crippen molar-refractivity contribution < 1.29 is 13.2 Å². The van der Waals surface area contributed by atoms with Crippen LogP contribution < -0.4 is 5.32 Å². The van der Waals surface area contributed by atoms with Crippen molar-refractivity contribution in [2.75, 3.05) is 5.32 Å². The fourth-order valence-electron chi connectivity index (χ4n) is 1.88. The van der Waals surface area contributed by atoms with E-state index < -0.39 is 11.9 Å². The van der Waals surface area contributed by atoms with Gasteiger partial charge in [0.15, 0.2) is 0 Å². The van der Waals surface area contributed by atoms with E-state index in [0.29, 0.717) is 6.42 Å². The largest absolute Gasteiger partial charge is 0.433 e. The van der Waals surface area contributed by atoms with Gasteiger partial charge in [0, 0.05) is 30.6 Å². The van der Waals surface area contributed by atoms with Gasteiger partial charge in [-0.3, -0.25) is 4.98 Å². The van der Waals surface area contributed by atoms with Crippen LogP contribution in [0.5, 0.6) is 0 Å². The summed E-state index contributed by atoms with van der Waals surface area (Å²) in [5, 5.41) is 2.87.